The minimum Gasteiger partial charge on any atom is -0.495 e. The molecule has 0 fully saturated rings. The van der Waals surface area contributed by atoms with Crippen LogP contribution in [0.1, 0.15) is 6.92 Å². The number of benzene rings is 2. The molecule has 1 N–H and O–H groups in total. The number of hydrogen-bond acceptors (Lipinski definition) is 3. The van der Waals surface area contributed by atoms with Crippen molar-refractivity contribution < 1.29 is 14.3 Å². The Labute approximate surface area is 139 Å². The van der Waals surface area contributed by atoms with Crippen molar-refractivity contribution in [1.29, 1.82) is 0 Å². The summed E-state index contributed by atoms with van der Waals surface area (Å²) in [4.78, 5) is 25.4. The Kier molecular flexibility index (Phi) is 5.60. The first kappa shape index (κ1) is 16.8. The third kappa shape index (κ3) is 4.47. The van der Waals surface area contributed by atoms with Gasteiger partial charge >= 0.3 is 0 Å². The molecule has 0 bridgehead atoms. The molecule has 0 saturated heterocycles. The van der Waals surface area contributed by atoms with Crippen LogP contribution in [0.15, 0.2) is 48.5 Å². The molecule has 0 radical (unpaired) electrons. The van der Waals surface area contributed by atoms with E-state index >= 15 is 0 Å². The first-order valence-corrected chi connectivity index (χ1v) is 7.35. The highest BCUT2D eigenvalue weighted by atomic mass is 35.5. The lowest BCUT2D eigenvalue weighted by Gasteiger charge is -2.21. The van der Waals surface area contributed by atoms with Crippen molar-refractivity contribution in [3.05, 3.63) is 53.6 Å². The van der Waals surface area contributed by atoms with E-state index in [1.807, 2.05) is 18.2 Å². The molecule has 0 heterocycles. The standard InChI is InChI=1S/C17H17ClN2O3/c1-12(21)20(14-8-9-16(23-2)15(18)10-14)11-17(22)19-13-6-4-3-5-7-13/h3-10H,11H2,1-2H3,(H,19,22). The van der Waals surface area contributed by atoms with E-state index in [2.05, 4.69) is 5.32 Å². The molecular weight excluding hydrogens is 316 g/mol. The van der Waals surface area contributed by atoms with Gasteiger partial charge in [-0.2, -0.15) is 0 Å². The number of methoxy groups -OCH3 is 1. The number of hydrogen-bond donors (Lipinski definition) is 1. The fourth-order valence-corrected chi connectivity index (χ4v) is 2.33. The van der Waals surface area contributed by atoms with Crippen LogP contribution < -0.4 is 15.0 Å². The number of halogens is 1. The number of anilines is 2. The number of amides is 2. The van der Waals surface area contributed by atoms with Crippen LogP contribution in [0.25, 0.3) is 0 Å². The third-order valence-electron chi connectivity index (χ3n) is 3.19. The molecule has 0 saturated carbocycles. The van der Waals surface area contributed by atoms with Crippen molar-refractivity contribution in [3.63, 3.8) is 0 Å². The molecule has 0 aliphatic carbocycles. The zero-order chi connectivity index (χ0) is 16.8. The Balaban J connectivity index is 2.14. The van der Waals surface area contributed by atoms with Gasteiger partial charge in [0.2, 0.25) is 11.8 Å². The zero-order valence-corrected chi connectivity index (χ0v) is 13.6. The summed E-state index contributed by atoms with van der Waals surface area (Å²) in [6.45, 7) is 1.29. The quantitative estimate of drug-likeness (QED) is 0.913. The first-order chi connectivity index (χ1) is 11.0. The fourth-order valence-electron chi connectivity index (χ4n) is 2.07. The molecule has 0 spiro atoms. The molecule has 2 aromatic rings. The van der Waals surface area contributed by atoms with E-state index in [-0.39, 0.29) is 18.4 Å². The van der Waals surface area contributed by atoms with Gasteiger partial charge in [0.1, 0.15) is 12.3 Å². The summed E-state index contributed by atoms with van der Waals surface area (Å²) in [5, 5.41) is 3.12. The summed E-state index contributed by atoms with van der Waals surface area (Å²) in [6, 6.07) is 14.0. The molecule has 2 aromatic carbocycles. The van der Waals surface area contributed by atoms with Crippen molar-refractivity contribution in [2.24, 2.45) is 0 Å². The Morgan fingerprint density at radius 3 is 2.43 bits per heavy atom. The molecule has 0 aliphatic rings. The summed E-state index contributed by atoms with van der Waals surface area (Å²) in [7, 11) is 1.51. The van der Waals surface area contributed by atoms with Crippen LogP contribution in [0.5, 0.6) is 5.75 Å². The predicted octanol–water partition coefficient (Wildman–Crippen LogP) is 3.34. The zero-order valence-electron chi connectivity index (χ0n) is 12.9. The second-order valence-corrected chi connectivity index (χ2v) is 5.25. The van der Waals surface area contributed by atoms with Gasteiger partial charge in [-0.15, -0.1) is 0 Å². The number of para-hydroxylation sites is 1. The van der Waals surface area contributed by atoms with Crippen molar-refractivity contribution in [2.45, 2.75) is 6.92 Å². The first-order valence-electron chi connectivity index (χ1n) is 6.98. The molecule has 0 unspecified atom stereocenters. The largest absolute Gasteiger partial charge is 0.495 e. The second-order valence-electron chi connectivity index (χ2n) is 4.84. The summed E-state index contributed by atoms with van der Waals surface area (Å²) >= 11 is 6.08. The third-order valence-corrected chi connectivity index (χ3v) is 3.48. The van der Waals surface area contributed by atoms with Crippen LogP contribution in [-0.4, -0.2) is 25.5 Å². The number of rotatable bonds is 5. The molecule has 6 heteroatoms. The maximum absolute atomic E-state index is 12.1. The molecule has 2 amide bonds. The van der Waals surface area contributed by atoms with E-state index in [1.165, 1.54) is 18.9 Å². The lowest BCUT2D eigenvalue weighted by molar-refractivity contribution is -0.120. The van der Waals surface area contributed by atoms with Crippen molar-refractivity contribution in [2.75, 3.05) is 23.9 Å². The minimum absolute atomic E-state index is 0.104. The highest BCUT2D eigenvalue weighted by molar-refractivity contribution is 6.32. The molecule has 0 aromatic heterocycles. The lowest BCUT2D eigenvalue weighted by Crippen LogP contribution is -2.36. The second kappa shape index (κ2) is 7.65. The van der Waals surface area contributed by atoms with Crippen LogP contribution in [0.2, 0.25) is 5.02 Å². The molecule has 0 aliphatic heterocycles. The fraction of sp³-hybridized carbons (Fsp3) is 0.176. The van der Waals surface area contributed by atoms with Crippen molar-refractivity contribution in [1.82, 2.24) is 0 Å². The molecule has 0 atom stereocenters. The maximum atomic E-state index is 12.1. The van der Waals surface area contributed by atoms with Gasteiger partial charge in [-0.25, -0.2) is 0 Å². The van der Waals surface area contributed by atoms with E-state index in [9.17, 15) is 9.59 Å². The van der Waals surface area contributed by atoms with Crippen LogP contribution in [0.4, 0.5) is 11.4 Å². The lowest BCUT2D eigenvalue weighted by atomic mass is 10.2. The van der Waals surface area contributed by atoms with Crippen LogP contribution in [0, 0.1) is 0 Å². The SMILES string of the molecule is COc1ccc(N(CC(=O)Nc2ccccc2)C(C)=O)cc1Cl. The molecule has 5 nitrogen and oxygen atoms in total. The molecule has 23 heavy (non-hydrogen) atoms. The topological polar surface area (TPSA) is 58.6 Å². The Hall–Kier alpha value is -2.53. The van der Waals surface area contributed by atoms with E-state index in [0.717, 1.165) is 0 Å². The van der Waals surface area contributed by atoms with Gasteiger partial charge in [-0.05, 0) is 30.3 Å². The van der Waals surface area contributed by atoms with Gasteiger partial charge in [0.25, 0.3) is 0 Å². The summed E-state index contributed by atoms with van der Waals surface area (Å²) in [6.07, 6.45) is 0. The Morgan fingerprint density at radius 1 is 1.17 bits per heavy atom. The normalized spacial score (nSPS) is 10.0. The average Bonchev–Trinajstić information content (AvgIpc) is 2.53. The number of nitrogens with zero attached hydrogens (tertiary/aromatic N) is 1. The Morgan fingerprint density at radius 2 is 1.87 bits per heavy atom. The predicted molar refractivity (Wildman–Crippen MR) is 91.1 cm³/mol. The summed E-state index contributed by atoms with van der Waals surface area (Å²) < 4.78 is 5.09. The van der Waals surface area contributed by atoms with Crippen molar-refractivity contribution >= 4 is 34.8 Å². The van der Waals surface area contributed by atoms with Gasteiger partial charge in [0.05, 0.1) is 12.1 Å². The van der Waals surface area contributed by atoms with Gasteiger partial charge in [-0.1, -0.05) is 29.8 Å². The minimum atomic E-state index is -0.293. The van der Waals surface area contributed by atoms with Crippen LogP contribution >= 0.6 is 11.6 Å². The number of carbonyl (C=O) groups excluding carboxylic acids is 2. The van der Waals surface area contributed by atoms with Gasteiger partial charge < -0.3 is 15.0 Å². The summed E-state index contributed by atoms with van der Waals surface area (Å²) in [5.41, 5.74) is 1.21. The van der Waals surface area contributed by atoms with Gasteiger partial charge in [0.15, 0.2) is 0 Å². The van der Waals surface area contributed by atoms with Gasteiger partial charge in [-0.3, -0.25) is 9.59 Å². The number of nitrogens with one attached hydrogen (secondary N) is 1. The van der Waals surface area contributed by atoms with E-state index < -0.39 is 0 Å². The van der Waals surface area contributed by atoms with Crippen LogP contribution in [-0.2, 0) is 9.59 Å². The van der Waals surface area contributed by atoms with Gasteiger partial charge in [0, 0.05) is 18.3 Å². The molecule has 2 rings (SSSR count). The van der Waals surface area contributed by atoms with E-state index in [1.54, 1.807) is 30.3 Å². The van der Waals surface area contributed by atoms with Crippen LogP contribution in [0.3, 0.4) is 0 Å². The monoisotopic (exact) mass is 332 g/mol. The highest BCUT2D eigenvalue weighted by Gasteiger charge is 2.17. The highest BCUT2D eigenvalue weighted by Crippen LogP contribution is 2.29. The van der Waals surface area contributed by atoms with Crippen molar-refractivity contribution in [3.8, 4) is 5.75 Å². The Bertz CT molecular complexity index is 704. The summed E-state index contributed by atoms with van der Waals surface area (Å²) in [5.74, 6) is -0.0413. The van der Waals surface area contributed by atoms with E-state index in [0.29, 0.717) is 22.1 Å². The van der Waals surface area contributed by atoms with E-state index in [4.69, 9.17) is 16.3 Å². The molecule has 120 valence electrons. The molecular formula is C17H17ClN2O3. The average molecular weight is 333 g/mol. The smallest absolute Gasteiger partial charge is 0.244 e. The number of carbonyl (C=O) groups is 2. The maximum Gasteiger partial charge on any atom is 0.244 e. The number of ether oxygens (including phenoxy) is 1.